The van der Waals surface area contributed by atoms with Crippen LogP contribution in [0.4, 0.5) is 5.69 Å². The Morgan fingerprint density at radius 1 is 1.14 bits per heavy atom. The van der Waals surface area contributed by atoms with E-state index in [2.05, 4.69) is 50.0 Å². The number of rotatable bonds is 7. The number of hydrogen-bond acceptors (Lipinski definition) is 6. The lowest BCUT2D eigenvalue weighted by atomic mass is 9.69. The van der Waals surface area contributed by atoms with Crippen LogP contribution in [0, 0.1) is 29.6 Å². The number of amides is 2. The second-order valence-electron chi connectivity index (χ2n) is 11.9. The molecule has 3 fully saturated rings. The molecule has 2 unspecified atom stereocenters. The van der Waals surface area contributed by atoms with Gasteiger partial charge in [0.2, 0.25) is 11.8 Å². The number of hydrogen-bond donors (Lipinski definition) is 2. The van der Waals surface area contributed by atoms with Crippen molar-refractivity contribution >= 4 is 27.3 Å². The Morgan fingerprint density at radius 3 is 2.39 bits per heavy atom. The van der Waals surface area contributed by atoms with Gasteiger partial charge in [-0.05, 0) is 54.6 Å². The number of nitrogens with one attached hydrogen (secondary N) is 1. The zero-order valence-electron chi connectivity index (χ0n) is 22.3. The molecule has 4 rings (SSSR count). The number of aryl methyl sites for hydroxylation is 1. The molecule has 1 saturated heterocycles. The molecule has 1 heterocycles. The van der Waals surface area contributed by atoms with Gasteiger partial charge in [-0.2, -0.15) is 0 Å². The molecule has 2 amide bonds. The molecular formula is C27H42N4O4S. The first kappa shape index (κ1) is 26.9. The molecule has 1 aromatic rings. The average molecular weight is 519 g/mol. The van der Waals surface area contributed by atoms with Gasteiger partial charge in [-0.3, -0.25) is 9.59 Å². The number of fused-ring (bicyclic) bond motifs is 2. The highest BCUT2D eigenvalue weighted by atomic mass is 32.2. The van der Waals surface area contributed by atoms with Crippen molar-refractivity contribution in [2.24, 2.45) is 28.4 Å². The van der Waals surface area contributed by atoms with Crippen LogP contribution in [0.1, 0.15) is 45.6 Å². The van der Waals surface area contributed by atoms with Gasteiger partial charge in [0.1, 0.15) is 9.84 Å². The van der Waals surface area contributed by atoms with Crippen LogP contribution in [0.3, 0.4) is 0 Å². The monoisotopic (exact) mass is 518 g/mol. The van der Waals surface area contributed by atoms with E-state index < -0.39 is 15.9 Å². The number of benzene rings is 1. The minimum atomic E-state index is -3.21. The maximum atomic E-state index is 14.0. The summed E-state index contributed by atoms with van der Waals surface area (Å²) in [7, 11) is -3.21. The second-order valence-corrected chi connectivity index (χ2v) is 14.2. The Kier molecular flexibility index (Phi) is 7.20. The molecule has 36 heavy (non-hydrogen) atoms. The van der Waals surface area contributed by atoms with Crippen molar-refractivity contribution in [1.29, 1.82) is 0 Å². The van der Waals surface area contributed by atoms with Gasteiger partial charge in [0.15, 0.2) is 0 Å². The standard InChI is InChI=1S/C27H42N4O4S/c1-18-8-6-7-9-21(18)30-13-15-31(16-14-30)25(33)22-19-10-12-27(4,26(19,2)3)23(22)29-24(32)20(28)11-17-36(5,34)35/h6-9,19-20,22-23H,10-17,28H2,1-5H3,(H,29,32)/t19?,20?,22-,23+,27-/m0/s1. The summed E-state index contributed by atoms with van der Waals surface area (Å²) in [6, 6.07) is 7.09. The molecule has 0 radical (unpaired) electrons. The largest absolute Gasteiger partial charge is 0.368 e. The van der Waals surface area contributed by atoms with Gasteiger partial charge >= 0.3 is 0 Å². The summed E-state index contributed by atoms with van der Waals surface area (Å²) in [5.41, 5.74) is 8.19. The SMILES string of the molecule is Cc1ccccc1N1CCN(C(=O)[C@H]2C3CC[C@@](C)([C@@H]2NC(=O)C(N)CCS(C)(=O)=O)C3(C)C)CC1. The first-order chi connectivity index (χ1) is 16.8. The minimum absolute atomic E-state index is 0.0698. The summed E-state index contributed by atoms with van der Waals surface area (Å²) in [6.07, 6.45) is 3.12. The molecule has 3 aliphatic rings. The van der Waals surface area contributed by atoms with E-state index >= 15 is 0 Å². The van der Waals surface area contributed by atoms with E-state index in [-0.39, 0.29) is 52.7 Å². The Labute approximate surface area is 215 Å². The van der Waals surface area contributed by atoms with Crippen LogP contribution in [0.15, 0.2) is 24.3 Å². The van der Waals surface area contributed by atoms with Gasteiger partial charge in [0.05, 0.1) is 17.7 Å². The van der Waals surface area contributed by atoms with Gasteiger partial charge in [0, 0.05) is 44.2 Å². The Bertz CT molecular complexity index is 1110. The lowest BCUT2D eigenvalue weighted by Crippen LogP contribution is -2.58. The molecule has 2 saturated carbocycles. The Hall–Kier alpha value is -2.13. The fourth-order valence-corrected chi connectivity index (χ4v) is 7.65. The van der Waals surface area contributed by atoms with E-state index in [0.29, 0.717) is 13.1 Å². The number of anilines is 1. The van der Waals surface area contributed by atoms with E-state index in [1.54, 1.807) is 0 Å². The summed E-state index contributed by atoms with van der Waals surface area (Å²) in [5.74, 6) is -0.492. The normalized spacial score (nSPS) is 30.3. The highest BCUT2D eigenvalue weighted by molar-refractivity contribution is 7.90. The van der Waals surface area contributed by atoms with Gasteiger partial charge < -0.3 is 20.9 Å². The molecule has 8 nitrogen and oxygen atoms in total. The fourth-order valence-electron chi connectivity index (χ4n) is 6.97. The van der Waals surface area contributed by atoms with E-state index in [1.807, 2.05) is 17.0 Å². The van der Waals surface area contributed by atoms with E-state index in [1.165, 1.54) is 11.3 Å². The van der Waals surface area contributed by atoms with Crippen molar-refractivity contribution in [2.45, 2.75) is 59.0 Å². The summed E-state index contributed by atoms with van der Waals surface area (Å²) in [6.45, 7) is 11.6. The van der Waals surface area contributed by atoms with Crippen LogP contribution in [0.25, 0.3) is 0 Å². The molecule has 0 aromatic heterocycles. The molecule has 200 valence electrons. The third kappa shape index (κ3) is 4.76. The maximum Gasteiger partial charge on any atom is 0.237 e. The number of sulfone groups is 1. The molecule has 5 atom stereocenters. The third-order valence-electron chi connectivity index (χ3n) is 9.62. The number of para-hydroxylation sites is 1. The minimum Gasteiger partial charge on any atom is -0.368 e. The number of nitrogens with zero attached hydrogens (tertiary/aromatic N) is 2. The first-order valence-electron chi connectivity index (χ1n) is 13.1. The van der Waals surface area contributed by atoms with Crippen LogP contribution < -0.4 is 16.0 Å². The van der Waals surface area contributed by atoms with Crippen molar-refractivity contribution in [2.75, 3.05) is 43.1 Å². The fraction of sp³-hybridized carbons (Fsp3) is 0.704. The first-order valence-corrected chi connectivity index (χ1v) is 15.2. The van der Waals surface area contributed by atoms with Crippen molar-refractivity contribution < 1.29 is 18.0 Å². The highest BCUT2D eigenvalue weighted by Crippen LogP contribution is 2.67. The molecule has 9 heteroatoms. The quantitative estimate of drug-likeness (QED) is 0.571. The molecule has 0 spiro atoms. The molecular weight excluding hydrogens is 476 g/mol. The van der Waals surface area contributed by atoms with E-state index in [0.717, 1.165) is 32.2 Å². The zero-order chi connectivity index (χ0) is 26.5. The van der Waals surface area contributed by atoms with Crippen LogP contribution in [-0.4, -0.2) is 75.4 Å². The molecule has 1 aromatic carbocycles. The van der Waals surface area contributed by atoms with Crippen molar-refractivity contribution in [1.82, 2.24) is 10.2 Å². The molecule has 1 aliphatic heterocycles. The Morgan fingerprint density at radius 2 is 1.78 bits per heavy atom. The summed E-state index contributed by atoms with van der Waals surface area (Å²) in [5, 5.41) is 3.14. The van der Waals surface area contributed by atoms with E-state index in [9.17, 15) is 18.0 Å². The Balaban J connectivity index is 1.49. The smallest absolute Gasteiger partial charge is 0.237 e. The maximum absolute atomic E-state index is 14.0. The number of nitrogens with two attached hydrogens (primary N) is 1. The van der Waals surface area contributed by atoms with E-state index in [4.69, 9.17) is 5.73 Å². The molecule has 2 bridgehead atoms. The predicted octanol–water partition coefficient (Wildman–Crippen LogP) is 1.96. The third-order valence-corrected chi connectivity index (χ3v) is 10.6. The topological polar surface area (TPSA) is 113 Å². The molecule has 2 aliphatic carbocycles. The lowest BCUT2D eigenvalue weighted by Gasteiger charge is -2.43. The van der Waals surface area contributed by atoms with Gasteiger partial charge in [-0.15, -0.1) is 0 Å². The second kappa shape index (κ2) is 9.63. The van der Waals surface area contributed by atoms with Crippen LogP contribution >= 0.6 is 0 Å². The summed E-state index contributed by atoms with van der Waals surface area (Å²) >= 11 is 0. The van der Waals surface area contributed by atoms with Gasteiger partial charge in [-0.1, -0.05) is 39.0 Å². The van der Waals surface area contributed by atoms with Crippen LogP contribution in [0.5, 0.6) is 0 Å². The zero-order valence-corrected chi connectivity index (χ0v) is 23.1. The average Bonchev–Trinajstić information content (AvgIpc) is 3.14. The summed E-state index contributed by atoms with van der Waals surface area (Å²) in [4.78, 5) is 31.4. The van der Waals surface area contributed by atoms with Crippen molar-refractivity contribution in [3.63, 3.8) is 0 Å². The van der Waals surface area contributed by atoms with Crippen molar-refractivity contribution in [3.05, 3.63) is 29.8 Å². The van der Waals surface area contributed by atoms with Gasteiger partial charge in [-0.25, -0.2) is 8.42 Å². The van der Waals surface area contributed by atoms with Crippen LogP contribution in [-0.2, 0) is 19.4 Å². The number of carbonyl (C=O) groups excluding carboxylic acids is 2. The van der Waals surface area contributed by atoms with Gasteiger partial charge in [0.25, 0.3) is 0 Å². The molecule has 3 N–H and O–H groups in total. The number of piperazine rings is 1. The predicted molar refractivity (Wildman–Crippen MR) is 142 cm³/mol. The lowest BCUT2D eigenvalue weighted by molar-refractivity contribution is -0.139. The highest BCUT2D eigenvalue weighted by Gasteiger charge is 2.68. The summed E-state index contributed by atoms with van der Waals surface area (Å²) < 4.78 is 23.1. The number of carbonyl (C=O) groups is 2. The van der Waals surface area contributed by atoms with Crippen LogP contribution in [0.2, 0.25) is 0 Å². The van der Waals surface area contributed by atoms with Crippen molar-refractivity contribution in [3.8, 4) is 0 Å².